The zero-order valence-electron chi connectivity index (χ0n) is 13.7. The molecule has 1 saturated heterocycles. The molecule has 1 N–H and O–H groups in total. The number of carbonyl (C=O) groups is 1. The first-order valence-electron chi connectivity index (χ1n) is 8.06. The van der Waals surface area contributed by atoms with Crippen molar-refractivity contribution in [1.29, 1.82) is 0 Å². The molecule has 2 aromatic rings. The number of nitrogens with zero attached hydrogens (tertiary/aromatic N) is 4. The molecule has 124 valence electrons. The first-order chi connectivity index (χ1) is 11.1. The fraction of sp³-hybridized carbons (Fsp3) is 0.562. The topological polar surface area (TPSA) is 76.2 Å². The van der Waals surface area contributed by atoms with E-state index >= 15 is 0 Å². The number of aryl methyl sites for hydroxylation is 2. The van der Waals surface area contributed by atoms with Crippen molar-refractivity contribution in [3.63, 3.8) is 0 Å². The van der Waals surface area contributed by atoms with Crippen molar-refractivity contribution >= 4 is 11.7 Å². The second-order valence-corrected chi connectivity index (χ2v) is 6.19. The maximum atomic E-state index is 12.0. The lowest BCUT2D eigenvalue weighted by Gasteiger charge is -2.24. The Morgan fingerprint density at radius 2 is 2.35 bits per heavy atom. The number of rotatable bonds is 6. The van der Waals surface area contributed by atoms with E-state index in [4.69, 9.17) is 4.52 Å². The molecule has 7 nitrogen and oxygen atoms in total. The number of aromatic nitrogens is 3. The van der Waals surface area contributed by atoms with Gasteiger partial charge in [-0.05, 0) is 38.8 Å². The predicted octanol–water partition coefficient (Wildman–Crippen LogP) is 1.98. The largest absolute Gasteiger partial charge is 0.360 e. The van der Waals surface area contributed by atoms with Crippen LogP contribution in [0.5, 0.6) is 0 Å². The quantitative estimate of drug-likeness (QED) is 0.881. The summed E-state index contributed by atoms with van der Waals surface area (Å²) >= 11 is 0. The van der Waals surface area contributed by atoms with Gasteiger partial charge in [0.05, 0.1) is 12.7 Å². The SMILES string of the molecule is Cc1cnn(CC2CCCN2CCC(=O)Nc2cc(C)on2)c1. The molecule has 2 aromatic heterocycles. The standard InChI is InChI=1S/C16H23N5O2/c1-12-9-17-21(10-12)11-14-4-3-6-20(14)7-5-16(22)18-15-8-13(2)23-19-15/h8-10,14H,3-7,11H2,1-2H3,(H,18,19,22). The maximum Gasteiger partial charge on any atom is 0.226 e. The average molecular weight is 317 g/mol. The van der Waals surface area contributed by atoms with Gasteiger partial charge in [-0.1, -0.05) is 5.16 Å². The Morgan fingerprint density at radius 3 is 3.04 bits per heavy atom. The summed E-state index contributed by atoms with van der Waals surface area (Å²) in [6, 6.07) is 2.17. The van der Waals surface area contributed by atoms with Gasteiger partial charge in [0.2, 0.25) is 5.91 Å². The number of anilines is 1. The smallest absolute Gasteiger partial charge is 0.226 e. The second kappa shape index (κ2) is 6.95. The van der Waals surface area contributed by atoms with E-state index in [1.54, 1.807) is 13.0 Å². The summed E-state index contributed by atoms with van der Waals surface area (Å²) in [7, 11) is 0. The van der Waals surface area contributed by atoms with Crippen LogP contribution in [0.4, 0.5) is 5.82 Å². The van der Waals surface area contributed by atoms with Crippen molar-refractivity contribution in [2.24, 2.45) is 0 Å². The monoisotopic (exact) mass is 317 g/mol. The molecule has 0 bridgehead atoms. The molecule has 0 saturated carbocycles. The van der Waals surface area contributed by atoms with Crippen molar-refractivity contribution in [3.05, 3.63) is 29.8 Å². The van der Waals surface area contributed by atoms with Crippen molar-refractivity contribution < 1.29 is 9.32 Å². The summed E-state index contributed by atoms with van der Waals surface area (Å²) in [6.45, 7) is 6.53. The van der Waals surface area contributed by atoms with Gasteiger partial charge in [0.15, 0.2) is 5.82 Å². The molecule has 3 heterocycles. The molecule has 0 aliphatic carbocycles. The van der Waals surface area contributed by atoms with Crippen LogP contribution >= 0.6 is 0 Å². The van der Waals surface area contributed by atoms with Crippen molar-refractivity contribution in [2.75, 3.05) is 18.4 Å². The predicted molar refractivity (Wildman–Crippen MR) is 86.0 cm³/mol. The third kappa shape index (κ3) is 4.19. The lowest BCUT2D eigenvalue weighted by atomic mass is 10.2. The molecule has 1 atom stereocenters. The molecule has 0 radical (unpaired) electrons. The highest BCUT2D eigenvalue weighted by Gasteiger charge is 2.25. The van der Waals surface area contributed by atoms with Crippen LogP contribution in [0.3, 0.4) is 0 Å². The average Bonchev–Trinajstić information content (AvgIpc) is 3.21. The molecular weight excluding hydrogens is 294 g/mol. The third-order valence-electron chi connectivity index (χ3n) is 4.18. The Balaban J connectivity index is 1.47. The van der Waals surface area contributed by atoms with Gasteiger partial charge in [-0.3, -0.25) is 14.4 Å². The number of amides is 1. The fourth-order valence-electron chi connectivity index (χ4n) is 3.05. The van der Waals surface area contributed by atoms with E-state index in [1.807, 2.05) is 17.8 Å². The number of carbonyl (C=O) groups excluding carboxylic acids is 1. The molecule has 0 spiro atoms. The van der Waals surface area contributed by atoms with Crippen LogP contribution in [0.15, 0.2) is 23.0 Å². The van der Waals surface area contributed by atoms with E-state index in [2.05, 4.69) is 26.7 Å². The van der Waals surface area contributed by atoms with Gasteiger partial charge in [0.1, 0.15) is 5.76 Å². The summed E-state index contributed by atoms with van der Waals surface area (Å²) in [5.41, 5.74) is 1.18. The summed E-state index contributed by atoms with van der Waals surface area (Å²) in [4.78, 5) is 14.4. The highest BCUT2D eigenvalue weighted by atomic mass is 16.5. The van der Waals surface area contributed by atoms with Crippen LogP contribution in [0, 0.1) is 13.8 Å². The van der Waals surface area contributed by atoms with Crippen LogP contribution in [0.2, 0.25) is 0 Å². The number of likely N-dealkylation sites (tertiary alicyclic amines) is 1. The fourth-order valence-corrected chi connectivity index (χ4v) is 3.05. The van der Waals surface area contributed by atoms with Gasteiger partial charge in [0, 0.05) is 31.3 Å². The van der Waals surface area contributed by atoms with Crippen molar-refractivity contribution in [1.82, 2.24) is 19.8 Å². The first-order valence-corrected chi connectivity index (χ1v) is 8.06. The van der Waals surface area contributed by atoms with E-state index in [9.17, 15) is 4.79 Å². The highest BCUT2D eigenvalue weighted by Crippen LogP contribution is 2.19. The van der Waals surface area contributed by atoms with E-state index in [1.165, 1.54) is 12.0 Å². The Bertz CT molecular complexity index is 663. The van der Waals surface area contributed by atoms with Gasteiger partial charge in [-0.15, -0.1) is 0 Å². The molecule has 3 rings (SSSR count). The van der Waals surface area contributed by atoms with E-state index < -0.39 is 0 Å². The van der Waals surface area contributed by atoms with Gasteiger partial charge in [-0.25, -0.2) is 0 Å². The normalized spacial score (nSPS) is 18.4. The summed E-state index contributed by atoms with van der Waals surface area (Å²) in [6.07, 6.45) is 6.74. The lowest BCUT2D eigenvalue weighted by molar-refractivity contribution is -0.116. The van der Waals surface area contributed by atoms with Gasteiger partial charge in [0.25, 0.3) is 0 Å². The molecule has 7 heteroatoms. The molecule has 0 aromatic carbocycles. The summed E-state index contributed by atoms with van der Waals surface area (Å²) < 4.78 is 6.94. The van der Waals surface area contributed by atoms with Crippen molar-refractivity contribution in [3.8, 4) is 0 Å². The first kappa shape index (κ1) is 15.7. The Kier molecular flexibility index (Phi) is 4.76. The maximum absolute atomic E-state index is 12.0. The van der Waals surface area contributed by atoms with E-state index in [0.29, 0.717) is 24.0 Å². The van der Waals surface area contributed by atoms with E-state index in [-0.39, 0.29) is 5.91 Å². The molecule has 1 fully saturated rings. The zero-order chi connectivity index (χ0) is 16.2. The molecular formula is C16H23N5O2. The Morgan fingerprint density at radius 1 is 1.48 bits per heavy atom. The highest BCUT2D eigenvalue weighted by molar-refractivity contribution is 5.89. The van der Waals surface area contributed by atoms with Crippen molar-refractivity contribution in [2.45, 2.75) is 45.7 Å². The Hall–Kier alpha value is -2.15. The minimum atomic E-state index is -0.0288. The number of nitrogens with one attached hydrogen (secondary N) is 1. The second-order valence-electron chi connectivity index (χ2n) is 6.19. The van der Waals surface area contributed by atoms with Crippen LogP contribution in [0.1, 0.15) is 30.6 Å². The Labute approximate surface area is 135 Å². The number of hydrogen-bond acceptors (Lipinski definition) is 5. The van der Waals surface area contributed by atoms with Crippen LogP contribution in [-0.4, -0.2) is 44.9 Å². The number of hydrogen-bond donors (Lipinski definition) is 1. The zero-order valence-corrected chi connectivity index (χ0v) is 13.7. The van der Waals surface area contributed by atoms with Crippen LogP contribution in [-0.2, 0) is 11.3 Å². The molecule has 1 amide bonds. The van der Waals surface area contributed by atoms with Crippen LogP contribution in [0.25, 0.3) is 0 Å². The molecule has 23 heavy (non-hydrogen) atoms. The van der Waals surface area contributed by atoms with Crippen LogP contribution < -0.4 is 5.32 Å². The third-order valence-corrected chi connectivity index (χ3v) is 4.18. The minimum absolute atomic E-state index is 0.0288. The minimum Gasteiger partial charge on any atom is -0.360 e. The molecule has 1 unspecified atom stereocenters. The van der Waals surface area contributed by atoms with E-state index in [0.717, 1.165) is 26.1 Å². The molecule has 1 aliphatic rings. The van der Waals surface area contributed by atoms with Gasteiger partial charge in [-0.2, -0.15) is 5.10 Å². The van der Waals surface area contributed by atoms with Gasteiger partial charge < -0.3 is 9.84 Å². The van der Waals surface area contributed by atoms with Gasteiger partial charge >= 0.3 is 0 Å². The molecule has 1 aliphatic heterocycles. The lowest BCUT2D eigenvalue weighted by Crippen LogP contribution is -2.35. The summed E-state index contributed by atoms with van der Waals surface area (Å²) in [5.74, 6) is 1.14. The summed E-state index contributed by atoms with van der Waals surface area (Å²) in [5, 5.41) is 10.9.